The van der Waals surface area contributed by atoms with Crippen LogP contribution < -0.4 is 9.88 Å². The molecule has 5 nitrogen and oxygen atoms in total. The molecular weight excluding hydrogens is 408 g/mol. The number of benzene rings is 2. The van der Waals surface area contributed by atoms with Crippen LogP contribution in [0.2, 0.25) is 5.02 Å². The van der Waals surface area contributed by atoms with Crippen LogP contribution in [0.15, 0.2) is 72.3 Å². The van der Waals surface area contributed by atoms with Gasteiger partial charge in [-0.2, -0.15) is 0 Å². The molecule has 1 heterocycles. The number of hydrogen-bond acceptors (Lipinski definition) is 4. The van der Waals surface area contributed by atoms with E-state index in [1.54, 1.807) is 43.6 Å². The number of rotatable bonds is 6. The van der Waals surface area contributed by atoms with Gasteiger partial charge < -0.3 is 4.74 Å². The first-order valence-corrected chi connectivity index (χ1v) is 10.8. The van der Waals surface area contributed by atoms with Crippen LogP contribution in [0.1, 0.15) is 18.4 Å². The minimum Gasteiger partial charge on any atom is -0.495 e. The molecule has 0 amide bonds. The van der Waals surface area contributed by atoms with Gasteiger partial charge >= 0.3 is 0 Å². The third kappa shape index (κ3) is 4.34. The van der Waals surface area contributed by atoms with Crippen LogP contribution in [0.4, 0.5) is 0 Å². The summed E-state index contributed by atoms with van der Waals surface area (Å²) in [6.45, 7) is 5.85. The molecule has 0 saturated carbocycles. The second-order valence-corrected chi connectivity index (χ2v) is 8.52. The quantitative estimate of drug-likeness (QED) is 0.559. The number of hydrogen-bond donors (Lipinski definition) is 1. The van der Waals surface area contributed by atoms with Gasteiger partial charge in [-0.25, -0.2) is 13.6 Å². The lowest BCUT2D eigenvalue weighted by Crippen LogP contribution is -2.13. The molecule has 0 radical (unpaired) electrons. The highest BCUT2D eigenvalue weighted by atomic mass is 35.5. The molecule has 2 N–H and O–H groups in total. The van der Waals surface area contributed by atoms with Gasteiger partial charge in [0.05, 0.1) is 22.7 Å². The van der Waals surface area contributed by atoms with E-state index in [1.807, 2.05) is 25.1 Å². The molecule has 29 heavy (non-hydrogen) atoms. The fraction of sp³-hybridized carbons (Fsp3) is 0.136. The molecule has 3 rings (SSSR count). The highest BCUT2D eigenvalue weighted by Gasteiger charge is 2.20. The lowest BCUT2D eigenvalue weighted by molar-refractivity contribution is 0.415. The van der Waals surface area contributed by atoms with Gasteiger partial charge in [0, 0.05) is 23.2 Å². The molecule has 0 fully saturated rings. The van der Waals surface area contributed by atoms with Crippen molar-refractivity contribution < 1.29 is 13.2 Å². The third-order valence-corrected chi connectivity index (χ3v) is 5.96. The maximum absolute atomic E-state index is 12.1. The van der Waals surface area contributed by atoms with Crippen molar-refractivity contribution in [2.24, 2.45) is 5.14 Å². The molecule has 7 heteroatoms. The zero-order chi connectivity index (χ0) is 21.2. The van der Waals surface area contributed by atoms with Gasteiger partial charge in [0.1, 0.15) is 5.75 Å². The van der Waals surface area contributed by atoms with Crippen LogP contribution in [0.5, 0.6) is 5.75 Å². The fourth-order valence-corrected chi connectivity index (χ4v) is 4.04. The summed E-state index contributed by atoms with van der Waals surface area (Å²) in [6.07, 6.45) is 3.54. The second kappa shape index (κ2) is 8.37. The van der Waals surface area contributed by atoms with Crippen molar-refractivity contribution in [1.29, 1.82) is 0 Å². The van der Waals surface area contributed by atoms with Gasteiger partial charge in [-0.3, -0.25) is 4.98 Å². The van der Waals surface area contributed by atoms with Crippen LogP contribution in [-0.2, 0) is 10.0 Å². The number of aromatic nitrogens is 1. The number of sulfonamides is 1. The summed E-state index contributed by atoms with van der Waals surface area (Å²) in [4.78, 5) is 4.61. The van der Waals surface area contributed by atoms with Gasteiger partial charge in [-0.05, 0) is 35.4 Å². The molecule has 3 aromatic rings. The molecule has 150 valence electrons. The van der Waals surface area contributed by atoms with E-state index in [4.69, 9.17) is 21.5 Å². The Balaban J connectivity index is 2.32. The highest BCUT2D eigenvalue weighted by Crippen LogP contribution is 2.38. The van der Waals surface area contributed by atoms with Gasteiger partial charge in [0.2, 0.25) is 10.0 Å². The van der Waals surface area contributed by atoms with Crippen molar-refractivity contribution in [2.75, 3.05) is 7.11 Å². The molecule has 0 spiro atoms. The van der Waals surface area contributed by atoms with Crippen LogP contribution >= 0.6 is 11.6 Å². The lowest BCUT2D eigenvalue weighted by Gasteiger charge is -2.16. The van der Waals surface area contributed by atoms with E-state index in [9.17, 15) is 8.42 Å². The first kappa shape index (κ1) is 21.0. The van der Waals surface area contributed by atoms with Crippen molar-refractivity contribution in [2.45, 2.75) is 17.7 Å². The predicted molar refractivity (Wildman–Crippen MR) is 117 cm³/mol. The van der Waals surface area contributed by atoms with E-state index in [1.165, 1.54) is 6.07 Å². The van der Waals surface area contributed by atoms with Crippen LogP contribution in [0.3, 0.4) is 0 Å². The van der Waals surface area contributed by atoms with Crippen LogP contribution in [0.25, 0.3) is 22.4 Å². The Labute approximate surface area is 175 Å². The molecule has 2 aromatic carbocycles. The Kier molecular flexibility index (Phi) is 6.07. The van der Waals surface area contributed by atoms with E-state index in [2.05, 4.69) is 11.6 Å². The fourth-order valence-electron chi connectivity index (χ4n) is 3.04. The van der Waals surface area contributed by atoms with Crippen molar-refractivity contribution >= 4 is 21.6 Å². The number of primary sulfonamides is 1. The number of ether oxygens (including phenoxy) is 1. The summed E-state index contributed by atoms with van der Waals surface area (Å²) >= 11 is 6.33. The van der Waals surface area contributed by atoms with Gasteiger partial charge in [0.15, 0.2) is 0 Å². The highest BCUT2D eigenvalue weighted by molar-refractivity contribution is 7.89. The van der Waals surface area contributed by atoms with Gasteiger partial charge in [-0.15, -0.1) is 6.58 Å². The minimum atomic E-state index is -3.93. The van der Waals surface area contributed by atoms with E-state index in [0.29, 0.717) is 22.0 Å². The second-order valence-electron chi connectivity index (χ2n) is 6.58. The van der Waals surface area contributed by atoms with Crippen molar-refractivity contribution in [3.8, 4) is 28.1 Å². The summed E-state index contributed by atoms with van der Waals surface area (Å²) in [7, 11) is -2.39. The number of methoxy groups -OCH3 is 1. The van der Waals surface area contributed by atoms with E-state index in [-0.39, 0.29) is 10.8 Å². The lowest BCUT2D eigenvalue weighted by atomic mass is 9.94. The molecule has 1 aromatic heterocycles. The minimum absolute atomic E-state index is 0.0119. The monoisotopic (exact) mass is 428 g/mol. The van der Waals surface area contributed by atoms with Crippen molar-refractivity contribution in [1.82, 2.24) is 4.98 Å². The first-order valence-electron chi connectivity index (χ1n) is 8.85. The number of halogens is 1. The van der Waals surface area contributed by atoms with Crippen molar-refractivity contribution in [3.05, 3.63) is 78.0 Å². The molecule has 0 aliphatic carbocycles. The maximum atomic E-state index is 12.1. The molecule has 0 aliphatic heterocycles. The smallest absolute Gasteiger partial charge is 0.238 e. The standard InChI is InChI=1S/C22H21ClN2O3S/c1-4-14(2)16-11-18(15-9-10-20(28-3)19(23)12-15)22(25-13-16)17-7-5-6-8-21(17)29(24,26)27/h4-14H,1H2,2-3H3,(H2,24,26,27). The zero-order valence-corrected chi connectivity index (χ0v) is 17.7. The molecular formula is C22H21ClN2O3S. The zero-order valence-electron chi connectivity index (χ0n) is 16.1. The molecule has 0 saturated heterocycles. The largest absolute Gasteiger partial charge is 0.495 e. The predicted octanol–water partition coefficient (Wildman–Crippen LogP) is 5.01. The maximum Gasteiger partial charge on any atom is 0.238 e. The SMILES string of the molecule is C=CC(C)c1cnc(-c2ccccc2S(N)(=O)=O)c(-c2ccc(OC)c(Cl)c2)c1. The Morgan fingerprint density at radius 1 is 1.17 bits per heavy atom. The molecule has 1 atom stereocenters. The Bertz CT molecular complexity index is 1180. The Morgan fingerprint density at radius 2 is 1.90 bits per heavy atom. The number of allylic oxidation sites excluding steroid dienone is 1. The number of nitrogens with zero attached hydrogens (tertiary/aromatic N) is 1. The average molecular weight is 429 g/mol. The summed E-state index contributed by atoms with van der Waals surface area (Å²) in [5, 5.41) is 5.88. The third-order valence-electron chi connectivity index (χ3n) is 4.70. The number of pyridine rings is 1. The van der Waals surface area contributed by atoms with Gasteiger partial charge in [0.25, 0.3) is 0 Å². The van der Waals surface area contributed by atoms with Crippen LogP contribution in [0, 0.1) is 0 Å². The topological polar surface area (TPSA) is 82.3 Å². The number of nitrogens with two attached hydrogens (primary N) is 1. The summed E-state index contributed by atoms with van der Waals surface area (Å²) in [6, 6.07) is 13.9. The molecule has 0 aliphatic rings. The first-order chi connectivity index (χ1) is 13.8. The van der Waals surface area contributed by atoms with E-state index in [0.717, 1.165) is 16.7 Å². The Hall–Kier alpha value is -2.67. The van der Waals surface area contributed by atoms with Crippen molar-refractivity contribution in [3.63, 3.8) is 0 Å². The summed E-state index contributed by atoms with van der Waals surface area (Å²) in [5.74, 6) is 0.614. The molecule has 1 unspecified atom stereocenters. The van der Waals surface area contributed by atoms with Crippen LogP contribution in [-0.4, -0.2) is 20.5 Å². The summed E-state index contributed by atoms with van der Waals surface area (Å²) in [5.41, 5.74) is 3.38. The van der Waals surface area contributed by atoms with E-state index >= 15 is 0 Å². The normalized spacial score (nSPS) is 12.4. The average Bonchev–Trinajstić information content (AvgIpc) is 2.72. The Morgan fingerprint density at radius 3 is 2.52 bits per heavy atom. The van der Waals surface area contributed by atoms with E-state index < -0.39 is 10.0 Å². The summed E-state index contributed by atoms with van der Waals surface area (Å²) < 4.78 is 29.5. The van der Waals surface area contributed by atoms with Gasteiger partial charge in [-0.1, -0.05) is 48.9 Å². The molecule has 0 bridgehead atoms.